The van der Waals surface area contributed by atoms with Crippen molar-refractivity contribution in [3.63, 3.8) is 0 Å². The van der Waals surface area contributed by atoms with Crippen LogP contribution in [-0.4, -0.2) is 15.0 Å². The van der Waals surface area contributed by atoms with Gasteiger partial charge in [-0.1, -0.05) is 127 Å². The van der Waals surface area contributed by atoms with Gasteiger partial charge in [-0.2, -0.15) is 0 Å². The molecule has 45 heavy (non-hydrogen) atoms. The van der Waals surface area contributed by atoms with Crippen molar-refractivity contribution < 1.29 is 4.42 Å². The fourth-order valence-electron chi connectivity index (χ4n) is 6.32. The Labute approximate surface area is 259 Å². The van der Waals surface area contributed by atoms with Crippen LogP contribution in [0.3, 0.4) is 0 Å². The molecule has 0 atom stereocenters. The standard InChI is InChI=1S/C41H25N3O/c1-3-11-26(12-4-1)29-21-22-30-24-35-37(25-31(30)23-29)45-36-20-10-19-34(38(35)36)41-43-39(28-14-5-2-6-15-28)42-40(44-41)33-18-9-16-27-13-7-8-17-32(27)33/h1-25H. The van der Waals surface area contributed by atoms with E-state index >= 15 is 0 Å². The predicted octanol–water partition coefficient (Wildman–Crippen LogP) is 10.7. The Morgan fingerprint density at radius 2 is 1.02 bits per heavy atom. The number of nitrogens with zero attached hydrogens (tertiary/aromatic N) is 3. The number of hydrogen-bond donors (Lipinski definition) is 0. The van der Waals surface area contributed by atoms with Gasteiger partial charge in [0.1, 0.15) is 11.2 Å². The molecule has 4 heteroatoms. The number of fused-ring (bicyclic) bond motifs is 5. The minimum atomic E-state index is 0.611. The van der Waals surface area contributed by atoms with Crippen LogP contribution in [-0.2, 0) is 0 Å². The van der Waals surface area contributed by atoms with Crippen molar-refractivity contribution in [2.24, 2.45) is 0 Å². The molecule has 0 radical (unpaired) electrons. The lowest BCUT2D eigenvalue weighted by molar-refractivity contribution is 0.669. The zero-order chi connectivity index (χ0) is 29.7. The molecule has 0 N–H and O–H groups in total. The summed E-state index contributed by atoms with van der Waals surface area (Å²) >= 11 is 0. The Balaban J connectivity index is 1.28. The van der Waals surface area contributed by atoms with E-state index in [1.54, 1.807) is 0 Å². The second kappa shape index (κ2) is 10.2. The molecule has 0 saturated carbocycles. The summed E-state index contributed by atoms with van der Waals surface area (Å²) in [6.45, 7) is 0. The first kappa shape index (κ1) is 25.4. The Hall–Kier alpha value is -6.13. The van der Waals surface area contributed by atoms with E-state index in [-0.39, 0.29) is 0 Å². The topological polar surface area (TPSA) is 51.8 Å². The van der Waals surface area contributed by atoms with Gasteiger partial charge >= 0.3 is 0 Å². The third kappa shape index (κ3) is 4.35. The first-order valence-corrected chi connectivity index (χ1v) is 15.0. The van der Waals surface area contributed by atoms with E-state index in [9.17, 15) is 0 Å². The summed E-state index contributed by atoms with van der Waals surface area (Å²) < 4.78 is 6.48. The number of hydrogen-bond acceptors (Lipinski definition) is 4. The fourth-order valence-corrected chi connectivity index (χ4v) is 6.32. The highest BCUT2D eigenvalue weighted by atomic mass is 16.3. The minimum absolute atomic E-state index is 0.611. The summed E-state index contributed by atoms with van der Waals surface area (Å²) in [6, 6.07) is 52.2. The van der Waals surface area contributed by atoms with E-state index in [4.69, 9.17) is 19.4 Å². The molecule has 0 fully saturated rings. The van der Waals surface area contributed by atoms with Crippen LogP contribution >= 0.6 is 0 Å². The molecular formula is C41H25N3O. The predicted molar refractivity (Wildman–Crippen MR) is 184 cm³/mol. The van der Waals surface area contributed by atoms with E-state index in [0.717, 1.165) is 60.2 Å². The number of furan rings is 1. The van der Waals surface area contributed by atoms with Crippen LogP contribution in [0.25, 0.3) is 88.8 Å². The number of aromatic nitrogens is 3. The van der Waals surface area contributed by atoms with Crippen LogP contribution in [0.5, 0.6) is 0 Å². The maximum absolute atomic E-state index is 6.48. The molecule has 2 heterocycles. The first-order chi connectivity index (χ1) is 22.3. The molecule has 0 saturated heterocycles. The lowest BCUT2D eigenvalue weighted by Gasteiger charge is -2.11. The summed E-state index contributed by atoms with van der Waals surface area (Å²) in [4.78, 5) is 15.2. The Morgan fingerprint density at radius 1 is 0.356 bits per heavy atom. The Bertz CT molecular complexity index is 2530. The largest absolute Gasteiger partial charge is 0.456 e. The van der Waals surface area contributed by atoms with Crippen LogP contribution in [0.1, 0.15) is 0 Å². The zero-order valence-electron chi connectivity index (χ0n) is 24.2. The van der Waals surface area contributed by atoms with Gasteiger partial charge in [0, 0.05) is 27.5 Å². The summed E-state index contributed by atoms with van der Waals surface area (Å²) in [5.74, 6) is 1.88. The van der Waals surface area contributed by atoms with Gasteiger partial charge in [0.25, 0.3) is 0 Å². The summed E-state index contributed by atoms with van der Waals surface area (Å²) in [5, 5.41) is 6.56. The zero-order valence-corrected chi connectivity index (χ0v) is 24.2. The normalized spacial score (nSPS) is 11.6. The molecule has 9 aromatic rings. The molecule has 0 aliphatic rings. The summed E-state index contributed by atoms with van der Waals surface area (Å²) in [6.07, 6.45) is 0. The molecule has 0 bridgehead atoms. The van der Waals surface area contributed by atoms with Crippen molar-refractivity contribution in [3.8, 4) is 45.3 Å². The van der Waals surface area contributed by atoms with Crippen LogP contribution in [0, 0.1) is 0 Å². The quantitative estimate of drug-likeness (QED) is 0.209. The smallest absolute Gasteiger partial charge is 0.164 e. The van der Waals surface area contributed by atoms with Crippen LogP contribution in [0.2, 0.25) is 0 Å². The second-order valence-corrected chi connectivity index (χ2v) is 11.3. The van der Waals surface area contributed by atoms with E-state index in [2.05, 4.69) is 103 Å². The molecule has 210 valence electrons. The maximum Gasteiger partial charge on any atom is 0.164 e. The van der Waals surface area contributed by atoms with Crippen molar-refractivity contribution in [2.75, 3.05) is 0 Å². The van der Waals surface area contributed by atoms with Crippen LogP contribution < -0.4 is 0 Å². The molecule has 0 aliphatic heterocycles. The minimum Gasteiger partial charge on any atom is -0.456 e. The molecule has 2 aromatic heterocycles. The average molecular weight is 576 g/mol. The highest BCUT2D eigenvalue weighted by Crippen LogP contribution is 2.39. The van der Waals surface area contributed by atoms with Gasteiger partial charge in [0.2, 0.25) is 0 Å². The molecule has 0 unspecified atom stereocenters. The second-order valence-electron chi connectivity index (χ2n) is 11.3. The van der Waals surface area contributed by atoms with Crippen molar-refractivity contribution in [1.29, 1.82) is 0 Å². The molecule has 4 nitrogen and oxygen atoms in total. The van der Waals surface area contributed by atoms with Gasteiger partial charge in [-0.3, -0.25) is 0 Å². The molecule has 0 spiro atoms. The Kier molecular flexibility index (Phi) is 5.78. The summed E-state index contributed by atoms with van der Waals surface area (Å²) in [7, 11) is 0. The SMILES string of the molecule is c1ccc(-c2ccc3cc4c(cc3c2)oc2cccc(-c3nc(-c5ccccc5)nc(-c5cccc6ccccc56)n3)c24)cc1. The van der Waals surface area contributed by atoms with E-state index in [0.29, 0.717) is 17.5 Å². The van der Waals surface area contributed by atoms with Gasteiger partial charge in [-0.15, -0.1) is 0 Å². The van der Waals surface area contributed by atoms with Crippen molar-refractivity contribution in [1.82, 2.24) is 15.0 Å². The van der Waals surface area contributed by atoms with Gasteiger partial charge < -0.3 is 4.42 Å². The fraction of sp³-hybridized carbons (Fsp3) is 0. The Morgan fingerprint density at radius 3 is 1.87 bits per heavy atom. The summed E-state index contributed by atoms with van der Waals surface area (Å²) in [5.41, 5.74) is 6.82. The molecule has 0 amide bonds. The maximum atomic E-state index is 6.48. The first-order valence-electron chi connectivity index (χ1n) is 15.0. The highest BCUT2D eigenvalue weighted by Gasteiger charge is 2.19. The lowest BCUT2D eigenvalue weighted by atomic mass is 9.99. The third-order valence-corrected chi connectivity index (χ3v) is 8.50. The number of rotatable bonds is 4. The van der Waals surface area contributed by atoms with Gasteiger partial charge in [-0.25, -0.2) is 15.0 Å². The van der Waals surface area contributed by atoms with Crippen molar-refractivity contribution in [3.05, 3.63) is 152 Å². The van der Waals surface area contributed by atoms with E-state index in [1.807, 2.05) is 48.5 Å². The van der Waals surface area contributed by atoms with Crippen molar-refractivity contribution in [2.45, 2.75) is 0 Å². The van der Waals surface area contributed by atoms with Crippen LogP contribution in [0.15, 0.2) is 156 Å². The molecule has 9 rings (SSSR count). The number of benzene rings is 7. The monoisotopic (exact) mass is 575 g/mol. The molecule has 0 aliphatic carbocycles. The van der Waals surface area contributed by atoms with Gasteiger partial charge in [0.05, 0.1) is 0 Å². The molecule has 7 aromatic carbocycles. The average Bonchev–Trinajstić information content (AvgIpc) is 3.48. The van der Waals surface area contributed by atoms with Crippen molar-refractivity contribution >= 4 is 43.5 Å². The third-order valence-electron chi connectivity index (χ3n) is 8.50. The van der Waals surface area contributed by atoms with Gasteiger partial charge in [0.15, 0.2) is 17.5 Å². The van der Waals surface area contributed by atoms with E-state index < -0.39 is 0 Å². The van der Waals surface area contributed by atoms with Crippen LogP contribution in [0.4, 0.5) is 0 Å². The van der Waals surface area contributed by atoms with E-state index in [1.165, 1.54) is 11.1 Å². The molecular weight excluding hydrogens is 550 g/mol. The van der Waals surface area contributed by atoms with Gasteiger partial charge in [-0.05, 0) is 56.9 Å². The highest BCUT2D eigenvalue weighted by molar-refractivity contribution is 6.15. The lowest BCUT2D eigenvalue weighted by Crippen LogP contribution is -2.00.